The van der Waals surface area contributed by atoms with Crippen molar-refractivity contribution in [1.82, 2.24) is 4.98 Å². The molecule has 0 radical (unpaired) electrons. The number of aromatic nitrogens is 1. The molecular formula is C33H42N2O9S. The van der Waals surface area contributed by atoms with Crippen molar-refractivity contribution in [2.75, 3.05) is 38.4 Å². The molecule has 0 aliphatic heterocycles. The molecule has 2 aliphatic rings. The lowest BCUT2D eigenvalue weighted by molar-refractivity contribution is -0.139. The molecule has 5 rings (SSSR count). The number of hydrogen-bond donors (Lipinski definition) is 5. The first-order valence-corrected chi connectivity index (χ1v) is 16.8. The molecule has 12 heteroatoms. The van der Waals surface area contributed by atoms with Gasteiger partial charge in [-0.3, -0.25) is 4.79 Å². The summed E-state index contributed by atoms with van der Waals surface area (Å²) in [5.41, 5.74) is 11.5. The highest BCUT2D eigenvalue weighted by molar-refractivity contribution is 7.90. The highest BCUT2D eigenvalue weighted by Gasteiger charge is 2.59. The van der Waals surface area contributed by atoms with Crippen LogP contribution in [0.2, 0.25) is 0 Å². The predicted octanol–water partition coefficient (Wildman–Crippen LogP) is 2.39. The molecule has 0 amide bonds. The number of pyridine rings is 1. The Balaban J connectivity index is 0.000000510. The van der Waals surface area contributed by atoms with Crippen LogP contribution in [0.3, 0.4) is 0 Å². The Morgan fingerprint density at radius 2 is 1.71 bits per heavy atom. The van der Waals surface area contributed by atoms with E-state index in [0.717, 1.165) is 51.1 Å². The van der Waals surface area contributed by atoms with Gasteiger partial charge in [-0.25, -0.2) is 13.4 Å². The molecule has 11 nitrogen and oxygen atoms in total. The summed E-state index contributed by atoms with van der Waals surface area (Å²) in [5.74, 6) is 0.766. The molecule has 1 heterocycles. The fraction of sp³-hybridized carbons (Fsp3) is 0.455. The zero-order chi connectivity index (χ0) is 32.9. The Labute approximate surface area is 263 Å². The normalized spacial score (nSPS) is 18.3. The van der Waals surface area contributed by atoms with Gasteiger partial charge in [-0.15, -0.1) is 0 Å². The molecule has 0 saturated heterocycles. The van der Waals surface area contributed by atoms with E-state index < -0.39 is 41.2 Å². The van der Waals surface area contributed by atoms with E-state index in [-0.39, 0.29) is 23.5 Å². The summed E-state index contributed by atoms with van der Waals surface area (Å²) in [7, 11) is -2.99. The molecule has 0 bridgehead atoms. The van der Waals surface area contributed by atoms with Gasteiger partial charge in [0.2, 0.25) is 5.88 Å². The van der Waals surface area contributed by atoms with Gasteiger partial charge in [-0.05, 0) is 89.8 Å². The van der Waals surface area contributed by atoms with Gasteiger partial charge in [-0.2, -0.15) is 0 Å². The average Bonchev–Trinajstić information content (AvgIpc) is 3.60. The van der Waals surface area contributed by atoms with E-state index in [1.54, 1.807) is 6.20 Å². The first-order valence-electron chi connectivity index (χ1n) is 14.8. The maximum absolute atomic E-state index is 11.3. The minimum atomic E-state index is -2.99. The number of nitrogens with zero attached hydrogens (tertiary/aromatic N) is 1. The summed E-state index contributed by atoms with van der Waals surface area (Å²) in [5, 5.41) is 34.3. The largest absolute Gasteiger partial charge is 0.494 e. The molecule has 3 aromatic rings. The molecule has 244 valence electrons. The van der Waals surface area contributed by atoms with Gasteiger partial charge in [0.15, 0.2) is 0 Å². The summed E-state index contributed by atoms with van der Waals surface area (Å²) in [6.07, 6.45) is 4.26. The van der Waals surface area contributed by atoms with E-state index in [1.165, 1.54) is 6.26 Å². The smallest absolute Gasteiger partial charge is 0.307 e. The minimum Gasteiger partial charge on any atom is -0.494 e. The highest BCUT2D eigenvalue weighted by atomic mass is 32.2. The van der Waals surface area contributed by atoms with Gasteiger partial charge in [0.1, 0.15) is 22.2 Å². The third kappa shape index (κ3) is 8.59. The van der Waals surface area contributed by atoms with E-state index in [1.807, 2.05) is 44.2 Å². The number of aliphatic carboxylic acids is 1. The van der Waals surface area contributed by atoms with E-state index in [4.69, 9.17) is 30.5 Å². The molecule has 1 aromatic heterocycles. The number of nitrogens with two attached hydrogens (primary N) is 1. The van der Waals surface area contributed by atoms with Crippen molar-refractivity contribution in [1.29, 1.82) is 0 Å². The van der Waals surface area contributed by atoms with Crippen molar-refractivity contribution < 1.29 is 43.1 Å². The summed E-state index contributed by atoms with van der Waals surface area (Å²) in [6, 6.07) is 14.1. The third-order valence-electron chi connectivity index (χ3n) is 8.25. The zero-order valence-corrected chi connectivity index (χ0v) is 26.6. The predicted molar refractivity (Wildman–Crippen MR) is 169 cm³/mol. The Hall–Kier alpha value is -3.55. The molecule has 0 unspecified atom stereocenters. The fourth-order valence-corrected chi connectivity index (χ4v) is 6.42. The van der Waals surface area contributed by atoms with E-state index in [9.17, 15) is 18.3 Å². The Kier molecular flexibility index (Phi) is 10.9. The van der Waals surface area contributed by atoms with Gasteiger partial charge in [-0.1, -0.05) is 18.2 Å². The van der Waals surface area contributed by atoms with Crippen molar-refractivity contribution in [3.05, 3.63) is 76.5 Å². The molecule has 1 saturated carbocycles. The molecule has 2 aliphatic carbocycles. The van der Waals surface area contributed by atoms with Crippen LogP contribution in [-0.2, 0) is 27.7 Å². The summed E-state index contributed by atoms with van der Waals surface area (Å²) >= 11 is 0. The Morgan fingerprint density at radius 3 is 2.29 bits per heavy atom. The monoisotopic (exact) mass is 642 g/mol. The topological polar surface area (TPSA) is 189 Å². The van der Waals surface area contributed by atoms with Crippen LogP contribution in [-0.4, -0.2) is 83.8 Å². The molecular weight excluding hydrogens is 600 g/mol. The third-order valence-corrected chi connectivity index (χ3v) is 9.28. The van der Waals surface area contributed by atoms with Crippen molar-refractivity contribution in [2.45, 2.75) is 44.8 Å². The molecule has 3 atom stereocenters. The lowest BCUT2D eigenvalue weighted by Crippen LogP contribution is -2.50. The second kappa shape index (κ2) is 14.3. The SMILES string of the molecule is Cc1cc(OCCCS(C)(=O)=O)cc(C)c1-c1cccc(COc2cc3c(cn2)[C@H]2[C@@H](C3)[C@@H]2C(=O)O)c1.NC(CO)(CO)CO. The van der Waals surface area contributed by atoms with Gasteiger partial charge in [0.25, 0.3) is 0 Å². The van der Waals surface area contributed by atoms with Gasteiger partial charge >= 0.3 is 5.97 Å². The van der Waals surface area contributed by atoms with Crippen LogP contribution in [0.1, 0.15) is 40.2 Å². The van der Waals surface area contributed by atoms with E-state index in [0.29, 0.717) is 25.5 Å². The minimum absolute atomic E-state index is 0.112. The number of carbonyl (C=O) groups is 1. The first kappa shape index (κ1) is 34.3. The number of aryl methyl sites for hydroxylation is 2. The van der Waals surface area contributed by atoms with Crippen molar-refractivity contribution in [3.8, 4) is 22.8 Å². The maximum Gasteiger partial charge on any atom is 0.307 e. The lowest BCUT2D eigenvalue weighted by Gasteiger charge is -2.20. The number of hydrogen-bond acceptors (Lipinski definition) is 10. The lowest BCUT2D eigenvalue weighted by atomic mass is 9.94. The number of carboxylic acid groups (broad SMARTS) is 1. The number of rotatable bonds is 13. The number of aliphatic hydroxyl groups is 3. The fourth-order valence-electron chi connectivity index (χ4n) is 5.78. The Morgan fingerprint density at radius 1 is 1.04 bits per heavy atom. The number of carboxylic acids is 1. The number of benzene rings is 2. The number of sulfone groups is 1. The Bertz CT molecular complexity index is 1590. The van der Waals surface area contributed by atoms with Crippen LogP contribution in [0.5, 0.6) is 11.6 Å². The van der Waals surface area contributed by atoms with Crippen molar-refractivity contribution in [3.63, 3.8) is 0 Å². The standard InChI is InChI=1S/C29H31NO6S.C4H11NO3/c1-17-10-22(35-8-5-9-37(3,33)34)11-18(2)26(17)20-7-4-6-19(12-20)16-36-25-14-21-13-23-27(24(21)15-30-25)28(23)29(31)32;5-4(1-6,2-7)3-8/h4,6-7,10-12,14-15,23,27-28H,5,8-9,13,16H2,1-3H3,(H,31,32);6-8H,1-3,5H2/t23-,27-,28+;/m1./s1. The van der Waals surface area contributed by atoms with Crippen LogP contribution in [0.15, 0.2) is 48.7 Å². The maximum atomic E-state index is 11.3. The second-order valence-electron chi connectivity index (χ2n) is 12.1. The quantitative estimate of drug-likeness (QED) is 0.172. The molecule has 6 N–H and O–H groups in total. The highest BCUT2D eigenvalue weighted by Crippen LogP contribution is 2.61. The van der Waals surface area contributed by atoms with Crippen molar-refractivity contribution in [2.24, 2.45) is 17.6 Å². The van der Waals surface area contributed by atoms with Crippen LogP contribution < -0.4 is 15.2 Å². The van der Waals surface area contributed by atoms with E-state index >= 15 is 0 Å². The second-order valence-corrected chi connectivity index (χ2v) is 14.3. The first-order chi connectivity index (χ1) is 21.3. The average molecular weight is 643 g/mol. The molecule has 45 heavy (non-hydrogen) atoms. The summed E-state index contributed by atoms with van der Waals surface area (Å²) < 4.78 is 34.4. The number of aliphatic hydroxyl groups excluding tert-OH is 3. The molecule has 1 fully saturated rings. The van der Waals surface area contributed by atoms with E-state index in [2.05, 4.69) is 17.1 Å². The molecule has 0 spiro atoms. The van der Waals surface area contributed by atoms with Gasteiger partial charge in [0.05, 0.1) is 43.6 Å². The van der Waals surface area contributed by atoms with Crippen molar-refractivity contribution >= 4 is 15.8 Å². The number of ether oxygens (including phenoxy) is 2. The zero-order valence-electron chi connectivity index (χ0n) is 25.8. The van der Waals surface area contributed by atoms with Gasteiger partial charge < -0.3 is 35.6 Å². The van der Waals surface area contributed by atoms with Crippen LogP contribution in [0.4, 0.5) is 0 Å². The number of fused-ring (bicyclic) bond motifs is 3. The summed E-state index contributed by atoms with van der Waals surface area (Å²) in [4.78, 5) is 15.7. The summed E-state index contributed by atoms with van der Waals surface area (Å²) in [6.45, 7) is 3.62. The van der Waals surface area contributed by atoms with Crippen LogP contribution in [0, 0.1) is 25.7 Å². The van der Waals surface area contributed by atoms with Crippen LogP contribution >= 0.6 is 0 Å². The van der Waals surface area contributed by atoms with Crippen LogP contribution in [0.25, 0.3) is 11.1 Å². The van der Waals surface area contributed by atoms with Gasteiger partial charge in [0, 0.05) is 24.4 Å². The molecule has 2 aromatic carbocycles.